The average Bonchev–Trinajstić information content (AvgIpc) is 3.08. The van der Waals surface area contributed by atoms with Crippen LogP contribution in [-0.2, 0) is 16.1 Å². The smallest absolute Gasteiger partial charge is 0.309 e. The van der Waals surface area contributed by atoms with Gasteiger partial charge in [0.2, 0.25) is 0 Å². The Morgan fingerprint density at radius 1 is 1.10 bits per heavy atom. The predicted octanol–water partition coefficient (Wildman–Crippen LogP) is 2.75. The van der Waals surface area contributed by atoms with Gasteiger partial charge in [0.25, 0.3) is 0 Å². The molecule has 5 heteroatoms. The van der Waals surface area contributed by atoms with Gasteiger partial charge in [0.05, 0.1) is 5.92 Å². The van der Waals surface area contributed by atoms with Crippen molar-refractivity contribution in [2.45, 2.75) is 38.3 Å². The monoisotopic (exact) mass is 285 g/mol. The molecule has 1 aliphatic carbocycles. The molecule has 0 N–H and O–H groups in total. The first kappa shape index (κ1) is 13.8. The topological polar surface area (TPSA) is 57.0 Å². The summed E-state index contributed by atoms with van der Waals surface area (Å²) in [4.78, 5) is 12.1. The van der Waals surface area contributed by atoms with Crippen molar-refractivity contribution in [1.29, 1.82) is 0 Å². The van der Waals surface area contributed by atoms with Crippen LogP contribution in [0.25, 0.3) is 0 Å². The molecule has 0 aliphatic heterocycles. The second kappa shape index (κ2) is 6.52. The van der Waals surface area contributed by atoms with E-state index >= 15 is 0 Å². The van der Waals surface area contributed by atoms with Crippen LogP contribution in [-0.4, -0.2) is 20.7 Å². The highest BCUT2D eigenvalue weighted by Crippen LogP contribution is 2.32. The standard InChI is InChI=1S/C16H19N3O2/c20-16(21-10-13-4-2-1-3-5-13)14-6-8-15(9-7-14)19-11-17-18-12-19/h1-5,11-12,14-15H,6-10H2. The van der Waals surface area contributed by atoms with Crippen molar-refractivity contribution >= 4 is 5.97 Å². The van der Waals surface area contributed by atoms with Gasteiger partial charge in [-0.2, -0.15) is 0 Å². The van der Waals surface area contributed by atoms with Gasteiger partial charge in [-0.25, -0.2) is 0 Å². The molecule has 3 rings (SSSR count). The van der Waals surface area contributed by atoms with E-state index in [9.17, 15) is 4.79 Å². The van der Waals surface area contributed by atoms with Crippen molar-refractivity contribution in [2.75, 3.05) is 0 Å². The number of aromatic nitrogens is 3. The van der Waals surface area contributed by atoms with Crippen LogP contribution in [0.3, 0.4) is 0 Å². The molecule has 1 fully saturated rings. The first-order valence-electron chi connectivity index (χ1n) is 7.37. The second-order valence-electron chi connectivity index (χ2n) is 5.51. The van der Waals surface area contributed by atoms with Crippen molar-refractivity contribution in [1.82, 2.24) is 14.8 Å². The van der Waals surface area contributed by atoms with Gasteiger partial charge in [0.15, 0.2) is 0 Å². The van der Waals surface area contributed by atoms with Crippen LogP contribution < -0.4 is 0 Å². The van der Waals surface area contributed by atoms with Gasteiger partial charge in [-0.1, -0.05) is 30.3 Å². The molecule has 0 radical (unpaired) electrons. The Morgan fingerprint density at radius 3 is 2.43 bits per heavy atom. The first-order chi connectivity index (χ1) is 10.3. The fourth-order valence-corrected chi connectivity index (χ4v) is 2.85. The lowest BCUT2D eigenvalue weighted by Crippen LogP contribution is -2.24. The molecule has 1 aromatic carbocycles. The lowest BCUT2D eigenvalue weighted by atomic mass is 9.86. The van der Waals surface area contributed by atoms with E-state index in [0.717, 1.165) is 31.2 Å². The molecule has 0 atom stereocenters. The van der Waals surface area contributed by atoms with E-state index in [4.69, 9.17) is 4.74 Å². The molecule has 1 heterocycles. The number of nitrogens with zero attached hydrogens (tertiary/aromatic N) is 3. The number of rotatable bonds is 4. The van der Waals surface area contributed by atoms with Crippen LogP contribution in [0.2, 0.25) is 0 Å². The Kier molecular flexibility index (Phi) is 4.28. The number of carbonyl (C=O) groups excluding carboxylic acids is 1. The maximum atomic E-state index is 12.1. The summed E-state index contributed by atoms with van der Waals surface area (Å²) >= 11 is 0. The summed E-state index contributed by atoms with van der Waals surface area (Å²) < 4.78 is 7.46. The highest BCUT2D eigenvalue weighted by atomic mass is 16.5. The molecule has 1 saturated carbocycles. The van der Waals surface area contributed by atoms with Crippen molar-refractivity contribution < 1.29 is 9.53 Å². The molecule has 0 saturated heterocycles. The molecule has 2 aromatic rings. The zero-order chi connectivity index (χ0) is 14.5. The van der Waals surface area contributed by atoms with E-state index < -0.39 is 0 Å². The molecular formula is C16H19N3O2. The first-order valence-corrected chi connectivity index (χ1v) is 7.37. The SMILES string of the molecule is O=C(OCc1ccccc1)C1CCC(n2cnnc2)CC1. The zero-order valence-corrected chi connectivity index (χ0v) is 11.9. The van der Waals surface area contributed by atoms with E-state index in [1.54, 1.807) is 12.7 Å². The lowest BCUT2D eigenvalue weighted by molar-refractivity contribution is -0.151. The van der Waals surface area contributed by atoms with Crippen LogP contribution in [0.4, 0.5) is 0 Å². The minimum atomic E-state index is -0.0685. The molecule has 110 valence electrons. The number of ether oxygens (including phenoxy) is 1. The van der Waals surface area contributed by atoms with Crippen LogP contribution in [0.15, 0.2) is 43.0 Å². The quantitative estimate of drug-likeness (QED) is 0.810. The Morgan fingerprint density at radius 2 is 1.76 bits per heavy atom. The molecule has 1 aromatic heterocycles. The third kappa shape index (κ3) is 3.48. The highest BCUT2D eigenvalue weighted by molar-refractivity contribution is 5.72. The van der Waals surface area contributed by atoms with Gasteiger partial charge < -0.3 is 9.30 Å². The maximum Gasteiger partial charge on any atom is 0.309 e. The van der Waals surface area contributed by atoms with Crippen LogP contribution >= 0.6 is 0 Å². The van der Waals surface area contributed by atoms with Crippen LogP contribution in [0, 0.1) is 5.92 Å². The van der Waals surface area contributed by atoms with Gasteiger partial charge in [0.1, 0.15) is 19.3 Å². The molecule has 0 unspecified atom stereocenters. The van der Waals surface area contributed by atoms with Gasteiger partial charge in [-0.05, 0) is 31.2 Å². The summed E-state index contributed by atoms with van der Waals surface area (Å²) in [5.74, 6) is -0.0393. The Bertz CT molecular complexity index is 560. The predicted molar refractivity (Wildman–Crippen MR) is 77.3 cm³/mol. The highest BCUT2D eigenvalue weighted by Gasteiger charge is 2.28. The van der Waals surface area contributed by atoms with Crippen molar-refractivity contribution in [3.8, 4) is 0 Å². The number of esters is 1. The summed E-state index contributed by atoms with van der Waals surface area (Å²) in [5.41, 5.74) is 1.03. The third-order valence-electron chi connectivity index (χ3n) is 4.11. The van der Waals surface area contributed by atoms with Gasteiger partial charge >= 0.3 is 5.97 Å². The largest absolute Gasteiger partial charge is 0.461 e. The Balaban J connectivity index is 1.47. The number of carbonyl (C=O) groups is 1. The molecular weight excluding hydrogens is 266 g/mol. The summed E-state index contributed by atoms with van der Waals surface area (Å²) in [6.45, 7) is 0.366. The summed E-state index contributed by atoms with van der Waals surface area (Å²) in [7, 11) is 0. The van der Waals surface area contributed by atoms with E-state index in [0.29, 0.717) is 12.6 Å². The summed E-state index contributed by atoms with van der Waals surface area (Å²) in [5, 5.41) is 7.67. The normalized spacial score (nSPS) is 21.9. The van der Waals surface area contributed by atoms with E-state index in [-0.39, 0.29) is 11.9 Å². The van der Waals surface area contributed by atoms with Crippen LogP contribution in [0.5, 0.6) is 0 Å². The van der Waals surface area contributed by atoms with Gasteiger partial charge in [-0.3, -0.25) is 4.79 Å². The molecule has 5 nitrogen and oxygen atoms in total. The fourth-order valence-electron chi connectivity index (χ4n) is 2.85. The van der Waals surface area contributed by atoms with Crippen LogP contribution in [0.1, 0.15) is 37.3 Å². The van der Waals surface area contributed by atoms with E-state index in [2.05, 4.69) is 10.2 Å². The van der Waals surface area contributed by atoms with Crippen molar-refractivity contribution in [3.63, 3.8) is 0 Å². The van der Waals surface area contributed by atoms with Gasteiger partial charge in [-0.15, -0.1) is 10.2 Å². The number of benzene rings is 1. The fraction of sp³-hybridized carbons (Fsp3) is 0.438. The van der Waals surface area contributed by atoms with Gasteiger partial charge in [0, 0.05) is 6.04 Å². The molecule has 1 aliphatic rings. The summed E-state index contributed by atoms with van der Waals surface area (Å²) in [6, 6.07) is 10.2. The zero-order valence-electron chi connectivity index (χ0n) is 11.9. The van der Waals surface area contributed by atoms with E-state index in [1.807, 2.05) is 34.9 Å². The lowest BCUT2D eigenvalue weighted by Gasteiger charge is -2.27. The minimum Gasteiger partial charge on any atom is -0.461 e. The minimum absolute atomic E-state index is 0.0291. The summed E-state index contributed by atoms with van der Waals surface area (Å²) in [6.07, 6.45) is 7.19. The number of hydrogen-bond donors (Lipinski definition) is 0. The molecule has 0 amide bonds. The Hall–Kier alpha value is -2.17. The van der Waals surface area contributed by atoms with Crippen molar-refractivity contribution in [2.24, 2.45) is 5.92 Å². The maximum absolute atomic E-state index is 12.1. The second-order valence-corrected chi connectivity index (χ2v) is 5.51. The van der Waals surface area contributed by atoms with Crippen molar-refractivity contribution in [3.05, 3.63) is 48.5 Å². The Labute approximate surface area is 124 Å². The van der Waals surface area contributed by atoms with E-state index in [1.165, 1.54) is 0 Å². The molecule has 0 bridgehead atoms. The third-order valence-corrected chi connectivity index (χ3v) is 4.11. The number of hydrogen-bond acceptors (Lipinski definition) is 4. The average molecular weight is 285 g/mol. The molecule has 21 heavy (non-hydrogen) atoms. The molecule has 0 spiro atoms.